The SMILES string of the molecule is CC(=O)NCCCCCC(=O)Nc1ccnn1Cc1ccc(N(C)C)cc1. The molecule has 2 aromatic rings. The van der Waals surface area contributed by atoms with Gasteiger partial charge in [-0.2, -0.15) is 5.10 Å². The van der Waals surface area contributed by atoms with Crippen LogP contribution in [0.5, 0.6) is 0 Å². The van der Waals surface area contributed by atoms with Crippen molar-refractivity contribution in [1.29, 1.82) is 0 Å². The van der Waals surface area contributed by atoms with Gasteiger partial charge in [-0.15, -0.1) is 0 Å². The molecule has 0 bridgehead atoms. The predicted molar refractivity (Wildman–Crippen MR) is 108 cm³/mol. The Kier molecular flexibility index (Phi) is 7.85. The molecule has 2 rings (SSSR count). The highest BCUT2D eigenvalue weighted by Crippen LogP contribution is 2.15. The summed E-state index contributed by atoms with van der Waals surface area (Å²) in [5.74, 6) is 0.673. The third-order valence-electron chi connectivity index (χ3n) is 4.22. The van der Waals surface area contributed by atoms with E-state index in [1.807, 2.05) is 20.2 Å². The van der Waals surface area contributed by atoms with E-state index in [2.05, 4.69) is 44.9 Å². The normalized spacial score (nSPS) is 10.5. The van der Waals surface area contributed by atoms with Crippen molar-refractivity contribution in [3.05, 3.63) is 42.1 Å². The fourth-order valence-electron chi connectivity index (χ4n) is 2.69. The number of benzene rings is 1. The van der Waals surface area contributed by atoms with Gasteiger partial charge in [-0.3, -0.25) is 9.59 Å². The van der Waals surface area contributed by atoms with Gasteiger partial charge in [0.2, 0.25) is 11.8 Å². The maximum Gasteiger partial charge on any atom is 0.225 e. The number of unbranched alkanes of at least 4 members (excludes halogenated alkanes) is 2. The quantitative estimate of drug-likeness (QED) is 0.629. The first-order valence-corrected chi connectivity index (χ1v) is 9.28. The smallest absolute Gasteiger partial charge is 0.225 e. The minimum absolute atomic E-state index is 0.0146. The molecule has 0 saturated carbocycles. The van der Waals surface area contributed by atoms with Gasteiger partial charge in [0.05, 0.1) is 12.7 Å². The van der Waals surface area contributed by atoms with Gasteiger partial charge in [-0.25, -0.2) is 4.68 Å². The molecule has 2 N–H and O–H groups in total. The molecule has 0 atom stereocenters. The summed E-state index contributed by atoms with van der Waals surface area (Å²) in [7, 11) is 4.02. The Morgan fingerprint density at radius 3 is 2.48 bits per heavy atom. The van der Waals surface area contributed by atoms with Crippen molar-refractivity contribution in [2.24, 2.45) is 0 Å². The molecule has 0 fully saturated rings. The number of nitrogens with zero attached hydrogens (tertiary/aromatic N) is 3. The van der Waals surface area contributed by atoms with E-state index in [4.69, 9.17) is 0 Å². The molecular formula is C20H29N5O2. The molecular weight excluding hydrogens is 342 g/mol. The second-order valence-electron chi connectivity index (χ2n) is 6.78. The van der Waals surface area contributed by atoms with Crippen molar-refractivity contribution in [3.63, 3.8) is 0 Å². The number of anilines is 2. The van der Waals surface area contributed by atoms with E-state index in [0.29, 0.717) is 25.3 Å². The lowest BCUT2D eigenvalue weighted by molar-refractivity contribution is -0.119. The molecule has 0 radical (unpaired) electrons. The Morgan fingerprint density at radius 2 is 1.81 bits per heavy atom. The molecule has 0 aliphatic rings. The van der Waals surface area contributed by atoms with Gasteiger partial charge in [-0.05, 0) is 30.5 Å². The summed E-state index contributed by atoms with van der Waals surface area (Å²) in [5.41, 5.74) is 2.27. The van der Waals surface area contributed by atoms with Crippen molar-refractivity contribution in [2.75, 3.05) is 30.9 Å². The van der Waals surface area contributed by atoms with Crippen LogP contribution in [0.3, 0.4) is 0 Å². The first-order chi connectivity index (χ1) is 13.0. The number of carbonyl (C=O) groups excluding carboxylic acids is 2. The van der Waals surface area contributed by atoms with E-state index in [1.54, 1.807) is 10.9 Å². The van der Waals surface area contributed by atoms with Gasteiger partial charge in [0, 0.05) is 45.7 Å². The average Bonchev–Trinajstić information content (AvgIpc) is 3.05. The highest BCUT2D eigenvalue weighted by atomic mass is 16.2. The van der Waals surface area contributed by atoms with E-state index in [-0.39, 0.29) is 11.8 Å². The van der Waals surface area contributed by atoms with E-state index in [1.165, 1.54) is 6.92 Å². The van der Waals surface area contributed by atoms with Crippen LogP contribution in [-0.4, -0.2) is 42.2 Å². The largest absolute Gasteiger partial charge is 0.378 e. The summed E-state index contributed by atoms with van der Waals surface area (Å²) in [6.07, 6.45) is 4.74. The monoisotopic (exact) mass is 371 g/mol. The van der Waals surface area contributed by atoms with Crippen LogP contribution in [0.25, 0.3) is 0 Å². The van der Waals surface area contributed by atoms with Crippen molar-refractivity contribution in [1.82, 2.24) is 15.1 Å². The summed E-state index contributed by atoms with van der Waals surface area (Å²) in [6, 6.07) is 10.1. The fourth-order valence-corrected chi connectivity index (χ4v) is 2.69. The molecule has 1 heterocycles. The molecule has 7 nitrogen and oxygen atoms in total. The Balaban J connectivity index is 1.78. The minimum Gasteiger partial charge on any atom is -0.378 e. The maximum absolute atomic E-state index is 12.1. The minimum atomic E-state index is -0.0163. The zero-order valence-corrected chi connectivity index (χ0v) is 16.4. The molecule has 7 heteroatoms. The van der Waals surface area contributed by atoms with Gasteiger partial charge in [0.15, 0.2) is 0 Å². The van der Waals surface area contributed by atoms with E-state index in [0.717, 1.165) is 30.5 Å². The topological polar surface area (TPSA) is 79.3 Å². The van der Waals surface area contributed by atoms with Crippen LogP contribution in [-0.2, 0) is 16.1 Å². The molecule has 2 amide bonds. The van der Waals surface area contributed by atoms with Crippen LogP contribution >= 0.6 is 0 Å². The molecule has 1 aromatic carbocycles. The first-order valence-electron chi connectivity index (χ1n) is 9.28. The molecule has 0 saturated heterocycles. The Bertz CT molecular complexity index is 737. The molecule has 1 aromatic heterocycles. The number of amides is 2. The fraction of sp³-hybridized carbons (Fsp3) is 0.450. The number of hydrogen-bond acceptors (Lipinski definition) is 4. The molecule has 0 spiro atoms. The van der Waals surface area contributed by atoms with E-state index < -0.39 is 0 Å². The lowest BCUT2D eigenvalue weighted by atomic mass is 10.2. The van der Waals surface area contributed by atoms with E-state index >= 15 is 0 Å². The van der Waals surface area contributed by atoms with E-state index in [9.17, 15) is 9.59 Å². The third kappa shape index (κ3) is 7.13. The number of hydrogen-bond donors (Lipinski definition) is 2. The highest BCUT2D eigenvalue weighted by molar-refractivity contribution is 5.89. The zero-order valence-electron chi connectivity index (χ0n) is 16.4. The Labute approximate surface area is 160 Å². The van der Waals surface area contributed by atoms with Crippen LogP contribution in [0.15, 0.2) is 36.5 Å². The maximum atomic E-state index is 12.1. The highest BCUT2D eigenvalue weighted by Gasteiger charge is 2.08. The number of nitrogens with one attached hydrogen (secondary N) is 2. The lowest BCUT2D eigenvalue weighted by Crippen LogP contribution is -2.20. The number of carbonyl (C=O) groups is 2. The van der Waals surface area contributed by atoms with Crippen LogP contribution in [0.2, 0.25) is 0 Å². The van der Waals surface area contributed by atoms with Crippen LogP contribution in [0, 0.1) is 0 Å². The standard InChI is InChI=1S/C20H29N5O2/c1-16(26)21-13-6-4-5-7-20(27)23-19-12-14-22-25(19)15-17-8-10-18(11-9-17)24(2)3/h8-12,14H,4-7,13,15H2,1-3H3,(H,21,26)(H,23,27). The van der Waals surface area contributed by atoms with Crippen molar-refractivity contribution in [3.8, 4) is 0 Å². The van der Waals surface area contributed by atoms with Gasteiger partial charge in [0.1, 0.15) is 5.82 Å². The Morgan fingerprint density at radius 1 is 1.07 bits per heavy atom. The number of aromatic nitrogens is 2. The predicted octanol–water partition coefficient (Wildman–Crippen LogP) is 2.63. The van der Waals surface area contributed by atoms with Crippen LogP contribution in [0.4, 0.5) is 11.5 Å². The van der Waals surface area contributed by atoms with Crippen LogP contribution < -0.4 is 15.5 Å². The Hall–Kier alpha value is -2.83. The second kappa shape index (κ2) is 10.4. The summed E-state index contributed by atoms with van der Waals surface area (Å²) in [5, 5.41) is 10.0. The average molecular weight is 371 g/mol. The summed E-state index contributed by atoms with van der Waals surface area (Å²) in [6.45, 7) is 2.77. The number of rotatable bonds is 10. The molecule has 0 unspecified atom stereocenters. The van der Waals surface area contributed by atoms with Gasteiger partial charge in [-0.1, -0.05) is 18.6 Å². The van der Waals surface area contributed by atoms with Crippen molar-refractivity contribution >= 4 is 23.3 Å². The molecule has 0 aliphatic carbocycles. The third-order valence-corrected chi connectivity index (χ3v) is 4.22. The zero-order chi connectivity index (χ0) is 19.6. The molecule has 27 heavy (non-hydrogen) atoms. The summed E-state index contributed by atoms with van der Waals surface area (Å²) < 4.78 is 1.79. The van der Waals surface area contributed by atoms with Crippen LogP contribution in [0.1, 0.15) is 38.2 Å². The first kappa shape index (κ1) is 20.5. The van der Waals surface area contributed by atoms with Gasteiger partial charge in [0.25, 0.3) is 0 Å². The van der Waals surface area contributed by atoms with Gasteiger partial charge < -0.3 is 15.5 Å². The molecule has 146 valence electrons. The summed E-state index contributed by atoms with van der Waals surface area (Å²) >= 11 is 0. The molecule has 0 aliphatic heterocycles. The van der Waals surface area contributed by atoms with Gasteiger partial charge >= 0.3 is 0 Å². The lowest BCUT2D eigenvalue weighted by Gasteiger charge is -2.13. The van der Waals surface area contributed by atoms with Crippen molar-refractivity contribution in [2.45, 2.75) is 39.2 Å². The second-order valence-corrected chi connectivity index (χ2v) is 6.78. The van der Waals surface area contributed by atoms with Crippen molar-refractivity contribution < 1.29 is 9.59 Å². The summed E-state index contributed by atoms with van der Waals surface area (Å²) in [4.78, 5) is 25.0.